The Balaban J connectivity index is 1.94. The van der Waals surface area contributed by atoms with Gasteiger partial charge in [0.15, 0.2) is 5.78 Å². The minimum Gasteiger partial charge on any atom is -0.317 e. The lowest BCUT2D eigenvalue weighted by Crippen LogP contribution is -2.48. The monoisotopic (exact) mass is 263 g/mol. The summed E-state index contributed by atoms with van der Waals surface area (Å²) in [5.41, 5.74) is 5.94. The summed E-state index contributed by atoms with van der Waals surface area (Å²) in [6, 6.07) is 0.339. The zero-order valence-electron chi connectivity index (χ0n) is 12.3. The number of ketones is 1. The number of nitrogens with zero attached hydrogens (tertiary/aromatic N) is 1. The molecule has 1 aliphatic carbocycles. The van der Waals surface area contributed by atoms with Crippen molar-refractivity contribution in [3.63, 3.8) is 0 Å². The molecule has 1 atom stereocenters. The van der Waals surface area contributed by atoms with Crippen LogP contribution in [0.2, 0.25) is 0 Å². The maximum atomic E-state index is 12.8. The zero-order chi connectivity index (χ0) is 13.6. The normalized spacial score (nSPS) is 30.4. The number of nitrogens with one attached hydrogen (secondary N) is 2. The smallest absolute Gasteiger partial charge is 0.183 e. The first-order chi connectivity index (χ1) is 9.05. The van der Waals surface area contributed by atoms with Gasteiger partial charge in [0.1, 0.15) is 0 Å². The Morgan fingerprint density at radius 1 is 1.32 bits per heavy atom. The summed E-state index contributed by atoms with van der Waals surface area (Å²) in [6.45, 7) is 9.39. The minimum atomic E-state index is 0.162. The third-order valence-electron chi connectivity index (χ3n) is 5.27. The second kappa shape index (κ2) is 4.60. The van der Waals surface area contributed by atoms with Crippen molar-refractivity contribution in [1.82, 2.24) is 15.8 Å². The lowest BCUT2D eigenvalue weighted by molar-refractivity contribution is -0.126. The third kappa shape index (κ3) is 1.93. The Morgan fingerprint density at radius 2 is 2.00 bits per heavy atom. The van der Waals surface area contributed by atoms with E-state index in [1.807, 2.05) is 0 Å². The largest absolute Gasteiger partial charge is 0.317 e. The van der Waals surface area contributed by atoms with Gasteiger partial charge in [0.25, 0.3) is 0 Å². The number of hydrogen-bond acceptors (Lipinski definition) is 4. The van der Waals surface area contributed by atoms with Gasteiger partial charge in [0, 0.05) is 18.5 Å². The number of Topliss-reactive ketones (excluding diaryl/α,β-unsaturated/α-hetero) is 1. The second-order valence-electron chi connectivity index (χ2n) is 6.63. The van der Waals surface area contributed by atoms with Gasteiger partial charge in [-0.1, -0.05) is 6.92 Å². The van der Waals surface area contributed by atoms with E-state index in [9.17, 15) is 4.79 Å². The first-order valence-electron chi connectivity index (χ1n) is 7.55. The van der Waals surface area contributed by atoms with E-state index >= 15 is 0 Å². The lowest BCUT2D eigenvalue weighted by atomic mass is 9.61. The molecule has 1 saturated heterocycles. The second-order valence-corrected chi connectivity index (χ2v) is 6.63. The predicted molar refractivity (Wildman–Crippen MR) is 75.3 cm³/mol. The first-order valence-corrected chi connectivity index (χ1v) is 7.55. The Kier molecular flexibility index (Phi) is 3.18. The van der Waals surface area contributed by atoms with Crippen LogP contribution in [0.5, 0.6) is 0 Å². The van der Waals surface area contributed by atoms with Gasteiger partial charge in [-0.25, -0.2) is 5.43 Å². The van der Waals surface area contributed by atoms with Crippen molar-refractivity contribution in [2.45, 2.75) is 46.1 Å². The summed E-state index contributed by atoms with van der Waals surface area (Å²) in [6.07, 6.45) is 3.38. The van der Waals surface area contributed by atoms with Crippen molar-refractivity contribution in [3.8, 4) is 0 Å². The minimum absolute atomic E-state index is 0.162. The molecule has 0 aromatic heterocycles. The number of allylic oxidation sites excluding steroid dienone is 1. The highest BCUT2D eigenvalue weighted by atomic mass is 16.1. The molecule has 19 heavy (non-hydrogen) atoms. The van der Waals surface area contributed by atoms with Crippen molar-refractivity contribution in [2.75, 3.05) is 19.6 Å². The number of rotatable bonds is 1. The fraction of sp³-hybridized carbons (Fsp3) is 0.800. The molecule has 0 amide bonds. The van der Waals surface area contributed by atoms with E-state index in [1.54, 1.807) is 0 Å². The van der Waals surface area contributed by atoms with Crippen LogP contribution in [-0.2, 0) is 4.79 Å². The van der Waals surface area contributed by atoms with Crippen molar-refractivity contribution in [1.29, 1.82) is 0 Å². The fourth-order valence-corrected chi connectivity index (χ4v) is 3.99. The first kappa shape index (κ1) is 13.1. The van der Waals surface area contributed by atoms with Crippen molar-refractivity contribution in [2.24, 2.45) is 11.3 Å². The highest BCUT2D eigenvalue weighted by Crippen LogP contribution is 2.49. The summed E-state index contributed by atoms with van der Waals surface area (Å²) in [4.78, 5) is 12.8. The van der Waals surface area contributed by atoms with Crippen LogP contribution < -0.4 is 10.7 Å². The van der Waals surface area contributed by atoms with Crippen LogP contribution >= 0.6 is 0 Å². The SMILES string of the molecule is CC(C)N1NCC2=C1C(=O)C(C)C1(CCNCC1)C2. The molecule has 2 N–H and O–H groups in total. The van der Waals surface area contributed by atoms with Gasteiger partial charge >= 0.3 is 0 Å². The van der Waals surface area contributed by atoms with Gasteiger partial charge in [-0.15, -0.1) is 0 Å². The van der Waals surface area contributed by atoms with E-state index < -0.39 is 0 Å². The molecule has 0 radical (unpaired) electrons. The van der Waals surface area contributed by atoms with Crippen LogP contribution in [0.1, 0.15) is 40.0 Å². The van der Waals surface area contributed by atoms with Crippen LogP contribution in [0.25, 0.3) is 0 Å². The predicted octanol–water partition coefficient (Wildman–Crippen LogP) is 1.45. The molecule has 2 heterocycles. The summed E-state index contributed by atoms with van der Waals surface area (Å²) < 4.78 is 0. The summed E-state index contributed by atoms with van der Waals surface area (Å²) in [7, 11) is 0. The Morgan fingerprint density at radius 3 is 2.63 bits per heavy atom. The highest BCUT2D eigenvalue weighted by Gasteiger charge is 2.49. The van der Waals surface area contributed by atoms with Crippen LogP contribution in [0.3, 0.4) is 0 Å². The molecular formula is C15H25N3O. The average Bonchev–Trinajstić information content (AvgIpc) is 2.81. The standard InChI is InChI=1S/C15H25N3O/c1-10(2)18-13-12(9-17-18)8-15(11(3)14(13)19)4-6-16-7-5-15/h10-11,16-17H,4-9H2,1-3H3. The maximum absolute atomic E-state index is 12.8. The highest BCUT2D eigenvalue weighted by molar-refractivity contribution is 5.99. The fourth-order valence-electron chi connectivity index (χ4n) is 3.99. The molecule has 3 rings (SSSR count). The molecule has 4 nitrogen and oxygen atoms in total. The average molecular weight is 263 g/mol. The summed E-state index contributed by atoms with van der Waals surface area (Å²) in [5, 5.41) is 5.51. The number of hydrogen-bond donors (Lipinski definition) is 2. The molecule has 1 spiro atoms. The van der Waals surface area contributed by atoms with Gasteiger partial charge in [-0.3, -0.25) is 4.79 Å². The van der Waals surface area contributed by atoms with Crippen LogP contribution in [0.4, 0.5) is 0 Å². The van der Waals surface area contributed by atoms with Crippen molar-refractivity contribution >= 4 is 5.78 Å². The van der Waals surface area contributed by atoms with Crippen LogP contribution in [0.15, 0.2) is 11.3 Å². The molecule has 0 aromatic carbocycles. The van der Waals surface area contributed by atoms with Gasteiger partial charge in [0.05, 0.1) is 5.70 Å². The van der Waals surface area contributed by atoms with Crippen molar-refractivity contribution in [3.05, 3.63) is 11.3 Å². The molecular weight excluding hydrogens is 238 g/mol. The molecule has 3 aliphatic rings. The van der Waals surface area contributed by atoms with E-state index in [1.165, 1.54) is 5.57 Å². The molecule has 4 heteroatoms. The van der Waals surface area contributed by atoms with Gasteiger partial charge in [0.2, 0.25) is 0 Å². The molecule has 106 valence electrons. The maximum Gasteiger partial charge on any atom is 0.183 e. The topological polar surface area (TPSA) is 44.4 Å². The Bertz CT molecular complexity index is 421. The number of hydrazine groups is 1. The molecule has 2 aliphatic heterocycles. The van der Waals surface area contributed by atoms with E-state index in [0.717, 1.165) is 44.6 Å². The van der Waals surface area contributed by atoms with Crippen molar-refractivity contribution < 1.29 is 4.79 Å². The molecule has 0 bridgehead atoms. The van der Waals surface area contributed by atoms with E-state index in [0.29, 0.717) is 11.8 Å². The summed E-state index contributed by atoms with van der Waals surface area (Å²) in [5.74, 6) is 0.524. The third-order valence-corrected chi connectivity index (χ3v) is 5.27. The molecule has 0 aromatic rings. The van der Waals surface area contributed by atoms with Gasteiger partial charge in [-0.05, 0) is 57.2 Å². The number of piperidine rings is 1. The molecule has 1 fully saturated rings. The molecule has 1 unspecified atom stereocenters. The zero-order valence-corrected chi connectivity index (χ0v) is 12.3. The Hall–Kier alpha value is -0.870. The van der Waals surface area contributed by atoms with Crippen LogP contribution in [-0.4, -0.2) is 36.5 Å². The van der Waals surface area contributed by atoms with E-state index in [2.05, 4.69) is 36.5 Å². The van der Waals surface area contributed by atoms with Gasteiger partial charge in [-0.2, -0.15) is 0 Å². The lowest BCUT2D eigenvalue weighted by Gasteiger charge is -2.45. The van der Waals surface area contributed by atoms with E-state index in [4.69, 9.17) is 0 Å². The quantitative estimate of drug-likeness (QED) is 0.751. The number of carbonyl (C=O) groups excluding carboxylic acids is 1. The number of carbonyl (C=O) groups is 1. The van der Waals surface area contributed by atoms with Gasteiger partial charge < -0.3 is 10.3 Å². The van der Waals surface area contributed by atoms with E-state index in [-0.39, 0.29) is 11.3 Å². The Labute approximate surface area is 115 Å². The van der Waals surface area contributed by atoms with Crippen LogP contribution in [0, 0.1) is 11.3 Å². The summed E-state index contributed by atoms with van der Waals surface area (Å²) >= 11 is 0. The molecule has 0 saturated carbocycles.